The predicted octanol–water partition coefficient (Wildman–Crippen LogP) is 3.81. The minimum atomic E-state index is -0.0165. The van der Waals surface area contributed by atoms with Gasteiger partial charge in [-0.2, -0.15) is 0 Å². The second kappa shape index (κ2) is 7.14. The molecule has 1 aromatic rings. The largest absolute Gasteiger partial charge is 0.339 e. The molecule has 0 aromatic heterocycles. The summed E-state index contributed by atoms with van der Waals surface area (Å²) in [6.45, 7) is 2.40. The maximum Gasteiger partial charge on any atom is 0.321 e. The number of anilines is 1. The van der Waals surface area contributed by atoms with Gasteiger partial charge in [0, 0.05) is 48.1 Å². The second-order valence-corrected chi connectivity index (χ2v) is 8.82. The summed E-state index contributed by atoms with van der Waals surface area (Å²) < 4.78 is 0. The topological polar surface area (TPSA) is 52.7 Å². The van der Waals surface area contributed by atoms with Crippen molar-refractivity contribution in [3.05, 3.63) is 24.3 Å². The normalized spacial score (nSPS) is 26.3. The van der Waals surface area contributed by atoms with Crippen molar-refractivity contribution in [2.75, 3.05) is 31.2 Å². The van der Waals surface area contributed by atoms with Crippen molar-refractivity contribution in [1.82, 2.24) is 9.80 Å². The summed E-state index contributed by atoms with van der Waals surface area (Å²) in [7, 11) is 0. The molecule has 1 spiro atoms. The van der Waals surface area contributed by atoms with Crippen LogP contribution in [-0.4, -0.2) is 53.7 Å². The molecule has 5 nitrogen and oxygen atoms in total. The van der Waals surface area contributed by atoms with Crippen LogP contribution in [0.15, 0.2) is 29.2 Å². The number of nitrogens with one attached hydrogen (secondary N) is 1. The van der Waals surface area contributed by atoms with Crippen molar-refractivity contribution in [2.24, 2.45) is 5.41 Å². The summed E-state index contributed by atoms with van der Waals surface area (Å²) in [5, 5.41) is 3.06. The van der Waals surface area contributed by atoms with Crippen LogP contribution >= 0.6 is 11.8 Å². The number of carbonyl (C=O) groups is 2. The van der Waals surface area contributed by atoms with E-state index in [0.29, 0.717) is 18.4 Å². The first-order chi connectivity index (χ1) is 12.6. The minimum absolute atomic E-state index is 0.0165. The van der Waals surface area contributed by atoms with E-state index in [0.717, 1.165) is 62.3 Å². The highest BCUT2D eigenvalue weighted by Gasteiger charge is 2.46. The summed E-state index contributed by atoms with van der Waals surface area (Å²) in [6.07, 6.45) is 8.03. The quantitative estimate of drug-likeness (QED) is 0.820. The van der Waals surface area contributed by atoms with Gasteiger partial charge in [0.05, 0.1) is 0 Å². The third kappa shape index (κ3) is 3.70. The number of hydrogen-bond acceptors (Lipinski definition) is 3. The Morgan fingerprint density at radius 3 is 2.88 bits per heavy atom. The standard InChI is InChI=1S/C20H27N3O2S/c1-26-17-5-2-4-15(12-17)21-19(25)22-11-3-9-20(13-22)10-8-18(24)23(14-20)16-6-7-16/h2,4-5,12,16H,3,6-11,13-14H2,1H3,(H,21,25)/t20-/m0/s1. The van der Waals surface area contributed by atoms with Gasteiger partial charge in [-0.05, 0) is 56.6 Å². The molecule has 1 atom stereocenters. The monoisotopic (exact) mass is 373 g/mol. The van der Waals surface area contributed by atoms with Crippen LogP contribution in [0, 0.1) is 5.41 Å². The van der Waals surface area contributed by atoms with Gasteiger partial charge in [-0.15, -0.1) is 11.8 Å². The van der Waals surface area contributed by atoms with E-state index in [1.165, 1.54) is 0 Å². The fraction of sp³-hybridized carbons (Fsp3) is 0.600. The number of piperidine rings is 2. The molecule has 140 valence electrons. The van der Waals surface area contributed by atoms with Gasteiger partial charge in [0.2, 0.25) is 5.91 Å². The lowest BCUT2D eigenvalue weighted by atomic mass is 9.73. The van der Waals surface area contributed by atoms with E-state index in [-0.39, 0.29) is 11.4 Å². The maximum absolute atomic E-state index is 12.8. The molecule has 4 rings (SSSR count). The highest BCUT2D eigenvalue weighted by atomic mass is 32.2. The molecule has 2 saturated heterocycles. The zero-order chi connectivity index (χ0) is 18.1. The van der Waals surface area contributed by atoms with Crippen molar-refractivity contribution in [2.45, 2.75) is 49.5 Å². The van der Waals surface area contributed by atoms with Crippen LogP contribution in [0.5, 0.6) is 0 Å². The van der Waals surface area contributed by atoms with Gasteiger partial charge >= 0.3 is 6.03 Å². The molecular weight excluding hydrogens is 346 g/mol. The maximum atomic E-state index is 12.8. The van der Waals surface area contributed by atoms with Crippen LogP contribution in [0.25, 0.3) is 0 Å². The number of hydrogen-bond donors (Lipinski definition) is 1. The Labute approximate surface area is 159 Å². The highest BCUT2D eigenvalue weighted by Crippen LogP contribution is 2.42. The lowest BCUT2D eigenvalue weighted by Gasteiger charge is -2.48. The van der Waals surface area contributed by atoms with Crippen LogP contribution in [0.1, 0.15) is 38.5 Å². The van der Waals surface area contributed by atoms with Crippen LogP contribution in [0.4, 0.5) is 10.5 Å². The summed E-state index contributed by atoms with van der Waals surface area (Å²) in [6, 6.07) is 8.42. The average Bonchev–Trinajstić information content (AvgIpc) is 3.49. The van der Waals surface area contributed by atoms with E-state index in [1.54, 1.807) is 11.8 Å². The van der Waals surface area contributed by atoms with Crippen LogP contribution in [0.2, 0.25) is 0 Å². The molecule has 2 heterocycles. The third-order valence-corrected chi connectivity index (χ3v) is 6.68. The molecule has 1 aromatic carbocycles. The first-order valence-electron chi connectivity index (χ1n) is 9.58. The summed E-state index contributed by atoms with van der Waals surface area (Å²) in [4.78, 5) is 30.3. The number of carbonyl (C=O) groups excluding carboxylic acids is 2. The van der Waals surface area contributed by atoms with Gasteiger partial charge in [0.25, 0.3) is 0 Å². The van der Waals surface area contributed by atoms with E-state index in [1.807, 2.05) is 35.4 Å². The Kier molecular flexibility index (Phi) is 4.86. The molecule has 3 aliphatic rings. The van der Waals surface area contributed by atoms with E-state index in [2.05, 4.69) is 10.2 Å². The number of nitrogens with zero attached hydrogens (tertiary/aromatic N) is 2. The Balaban J connectivity index is 1.42. The van der Waals surface area contributed by atoms with Gasteiger partial charge in [0.15, 0.2) is 0 Å². The van der Waals surface area contributed by atoms with Gasteiger partial charge in [-0.1, -0.05) is 6.07 Å². The van der Waals surface area contributed by atoms with Crippen molar-refractivity contribution >= 4 is 29.4 Å². The van der Waals surface area contributed by atoms with E-state index in [4.69, 9.17) is 0 Å². The van der Waals surface area contributed by atoms with Crippen LogP contribution in [0.3, 0.4) is 0 Å². The summed E-state index contributed by atoms with van der Waals surface area (Å²) >= 11 is 1.67. The van der Waals surface area contributed by atoms with E-state index in [9.17, 15) is 9.59 Å². The summed E-state index contributed by atoms with van der Waals surface area (Å²) in [5.74, 6) is 0.314. The van der Waals surface area contributed by atoms with Gasteiger partial charge in [0.1, 0.15) is 0 Å². The van der Waals surface area contributed by atoms with Crippen LogP contribution < -0.4 is 5.32 Å². The van der Waals surface area contributed by atoms with Gasteiger partial charge < -0.3 is 15.1 Å². The second-order valence-electron chi connectivity index (χ2n) is 7.94. The zero-order valence-corrected chi connectivity index (χ0v) is 16.2. The lowest BCUT2D eigenvalue weighted by molar-refractivity contribution is -0.139. The number of rotatable bonds is 3. The smallest absolute Gasteiger partial charge is 0.321 e. The fourth-order valence-electron chi connectivity index (χ4n) is 4.38. The van der Waals surface area contributed by atoms with Crippen molar-refractivity contribution < 1.29 is 9.59 Å². The molecular formula is C20H27N3O2S. The molecule has 3 fully saturated rings. The molecule has 0 radical (unpaired) electrons. The molecule has 1 saturated carbocycles. The molecule has 1 aliphatic carbocycles. The highest BCUT2D eigenvalue weighted by molar-refractivity contribution is 7.98. The first kappa shape index (κ1) is 17.7. The Morgan fingerprint density at radius 2 is 2.12 bits per heavy atom. The number of amides is 3. The van der Waals surface area contributed by atoms with Crippen LogP contribution in [-0.2, 0) is 4.79 Å². The first-order valence-corrected chi connectivity index (χ1v) is 10.8. The zero-order valence-electron chi connectivity index (χ0n) is 15.4. The molecule has 0 bridgehead atoms. The SMILES string of the molecule is CSc1cccc(NC(=O)N2CCC[C@]3(CCC(=O)N(C4CC4)C3)C2)c1. The molecule has 6 heteroatoms. The Hall–Kier alpha value is -1.69. The number of likely N-dealkylation sites (tertiary alicyclic amines) is 2. The van der Waals surface area contributed by atoms with Crippen molar-refractivity contribution in [1.29, 1.82) is 0 Å². The molecule has 26 heavy (non-hydrogen) atoms. The number of thioether (sulfide) groups is 1. The lowest BCUT2D eigenvalue weighted by Crippen LogP contribution is -2.56. The molecule has 1 N–H and O–H groups in total. The molecule has 0 unspecified atom stereocenters. The van der Waals surface area contributed by atoms with Gasteiger partial charge in [-0.3, -0.25) is 4.79 Å². The predicted molar refractivity (Wildman–Crippen MR) is 104 cm³/mol. The van der Waals surface area contributed by atoms with Crippen molar-refractivity contribution in [3.63, 3.8) is 0 Å². The summed E-state index contributed by atoms with van der Waals surface area (Å²) in [5.41, 5.74) is 0.938. The van der Waals surface area contributed by atoms with Crippen molar-refractivity contribution in [3.8, 4) is 0 Å². The number of benzene rings is 1. The van der Waals surface area contributed by atoms with E-state index < -0.39 is 0 Å². The Bertz CT molecular complexity index is 706. The van der Waals surface area contributed by atoms with E-state index >= 15 is 0 Å². The molecule has 2 aliphatic heterocycles. The minimum Gasteiger partial charge on any atom is -0.339 e. The Morgan fingerprint density at radius 1 is 1.27 bits per heavy atom. The van der Waals surface area contributed by atoms with Gasteiger partial charge in [-0.25, -0.2) is 4.79 Å². The average molecular weight is 374 g/mol. The number of urea groups is 1. The molecule has 3 amide bonds. The fourth-order valence-corrected chi connectivity index (χ4v) is 4.84. The third-order valence-electron chi connectivity index (χ3n) is 5.95.